The minimum atomic E-state index is -0.436. The fourth-order valence-electron chi connectivity index (χ4n) is 1.83. The first kappa shape index (κ1) is 10.5. The number of fused-ring (bicyclic) bond motifs is 1. The Morgan fingerprint density at radius 3 is 2.62 bits per heavy atom. The van der Waals surface area contributed by atoms with E-state index in [9.17, 15) is 4.79 Å². The molecule has 0 spiro atoms. The number of rotatable bonds is 2. The molecule has 1 amide bonds. The maximum Gasteiger partial charge on any atom is 0.249 e. The van der Waals surface area contributed by atoms with Crippen LogP contribution in [0, 0.1) is 6.92 Å². The van der Waals surface area contributed by atoms with Crippen LogP contribution in [0.15, 0.2) is 30.3 Å². The Hall–Kier alpha value is -2.03. The molecule has 2 N–H and O–H groups in total. The predicted octanol–water partition coefficient (Wildman–Crippen LogP) is 2.26. The molecule has 82 valence electrons. The van der Waals surface area contributed by atoms with Gasteiger partial charge in [-0.2, -0.15) is 0 Å². The van der Waals surface area contributed by atoms with E-state index >= 15 is 0 Å². The number of hydrogen-bond acceptors (Lipinski definition) is 2. The van der Waals surface area contributed by atoms with Crippen LogP contribution < -0.4 is 10.5 Å². The second-order valence-corrected chi connectivity index (χ2v) is 3.71. The molecule has 0 aromatic heterocycles. The minimum absolute atomic E-state index is 0.436. The van der Waals surface area contributed by atoms with Crippen LogP contribution in [0.1, 0.15) is 15.9 Å². The summed E-state index contributed by atoms with van der Waals surface area (Å²) in [6.45, 7) is 1.99. The summed E-state index contributed by atoms with van der Waals surface area (Å²) >= 11 is 0. The third-order valence-electron chi connectivity index (χ3n) is 2.69. The molecular weight excluding hydrogens is 202 g/mol. The van der Waals surface area contributed by atoms with Crippen molar-refractivity contribution in [2.75, 3.05) is 7.11 Å². The van der Waals surface area contributed by atoms with E-state index in [1.807, 2.05) is 31.2 Å². The molecule has 2 aromatic rings. The zero-order chi connectivity index (χ0) is 11.7. The second kappa shape index (κ2) is 3.85. The summed E-state index contributed by atoms with van der Waals surface area (Å²) in [5.74, 6) is 0.213. The number of aryl methyl sites for hydroxylation is 1. The highest BCUT2D eigenvalue weighted by molar-refractivity contribution is 6.07. The fourth-order valence-corrected chi connectivity index (χ4v) is 1.83. The van der Waals surface area contributed by atoms with E-state index in [1.54, 1.807) is 13.2 Å². The molecule has 0 saturated carbocycles. The number of carbonyl (C=O) groups excluding carboxylic acids is 1. The molecule has 0 heterocycles. The summed E-state index contributed by atoms with van der Waals surface area (Å²) in [5.41, 5.74) is 6.95. The molecule has 0 aliphatic carbocycles. The van der Waals surface area contributed by atoms with Gasteiger partial charge in [0, 0.05) is 0 Å². The normalized spacial score (nSPS) is 10.4. The van der Waals surface area contributed by atoms with Crippen molar-refractivity contribution in [1.29, 1.82) is 0 Å². The molecule has 2 rings (SSSR count). The first-order valence-electron chi connectivity index (χ1n) is 5.00. The number of ether oxygens (including phenoxy) is 1. The number of carbonyl (C=O) groups is 1. The standard InChI is InChI=1S/C13H13NO2/c1-8-4-3-5-10-11(8)6-9(16-2)7-12(10)13(14)15/h3-7H,1-2H3,(H2,14,15). The molecule has 0 aliphatic rings. The van der Waals surface area contributed by atoms with E-state index in [1.165, 1.54) is 0 Å². The molecule has 0 bridgehead atoms. The lowest BCUT2D eigenvalue weighted by Crippen LogP contribution is -2.11. The summed E-state index contributed by atoms with van der Waals surface area (Å²) in [6.07, 6.45) is 0. The number of methoxy groups -OCH3 is 1. The van der Waals surface area contributed by atoms with E-state index in [0.717, 1.165) is 16.3 Å². The summed E-state index contributed by atoms with van der Waals surface area (Å²) in [5, 5.41) is 1.86. The molecule has 3 nitrogen and oxygen atoms in total. The van der Waals surface area contributed by atoms with Crippen molar-refractivity contribution in [3.05, 3.63) is 41.5 Å². The zero-order valence-corrected chi connectivity index (χ0v) is 9.28. The molecule has 0 unspecified atom stereocenters. The lowest BCUT2D eigenvalue weighted by Gasteiger charge is -2.09. The van der Waals surface area contributed by atoms with Gasteiger partial charge in [0.2, 0.25) is 5.91 Å². The van der Waals surface area contributed by atoms with Crippen LogP contribution in [-0.4, -0.2) is 13.0 Å². The van der Waals surface area contributed by atoms with Crippen molar-refractivity contribution < 1.29 is 9.53 Å². The summed E-state index contributed by atoms with van der Waals surface area (Å²) in [6, 6.07) is 9.38. The van der Waals surface area contributed by atoms with E-state index in [2.05, 4.69) is 0 Å². The molecular formula is C13H13NO2. The Morgan fingerprint density at radius 1 is 1.25 bits per heavy atom. The second-order valence-electron chi connectivity index (χ2n) is 3.71. The van der Waals surface area contributed by atoms with E-state index < -0.39 is 5.91 Å². The molecule has 0 aliphatic heterocycles. The smallest absolute Gasteiger partial charge is 0.249 e. The monoisotopic (exact) mass is 215 g/mol. The minimum Gasteiger partial charge on any atom is -0.497 e. The van der Waals surface area contributed by atoms with Crippen LogP contribution in [0.4, 0.5) is 0 Å². The molecule has 0 radical (unpaired) electrons. The maximum absolute atomic E-state index is 11.4. The van der Waals surface area contributed by atoms with Gasteiger partial charge in [-0.3, -0.25) is 4.79 Å². The zero-order valence-electron chi connectivity index (χ0n) is 9.28. The third-order valence-corrected chi connectivity index (χ3v) is 2.69. The van der Waals surface area contributed by atoms with Crippen molar-refractivity contribution in [3.63, 3.8) is 0 Å². The molecule has 16 heavy (non-hydrogen) atoms. The van der Waals surface area contributed by atoms with Crippen molar-refractivity contribution >= 4 is 16.7 Å². The quantitative estimate of drug-likeness (QED) is 0.835. The van der Waals surface area contributed by atoms with Gasteiger partial charge < -0.3 is 10.5 Å². The number of primary amides is 1. The average molecular weight is 215 g/mol. The number of amides is 1. The van der Waals surface area contributed by atoms with Gasteiger partial charge in [-0.25, -0.2) is 0 Å². The Bertz CT molecular complexity index is 561. The Morgan fingerprint density at radius 2 is 2.00 bits per heavy atom. The molecule has 3 heteroatoms. The molecule has 2 aromatic carbocycles. The Balaban J connectivity index is 2.87. The average Bonchev–Trinajstić information content (AvgIpc) is 2.28. The van der Waals surface area contributed by atoms with Crippen LogP contribution in [-0.2, 0) is 0 Å². The van der Waals surface area contributed by atoms with Crippen molar-refractivity contribution in [1.82, 2.24) is 0 Å². The van der Waals surface area contributed by atoms with Crippen LogP contribution >= 0.6 is 0 Å². The highest BCUT2D eigenvalue weighted by Crippen LogP contribution is 2.27. The van der Waals surface area contributed by atoms with Crippen LogP contribution in [0.2, 0.25) is 0 Å². The Labute approximate surface area is 93.8 Å². The van der Waals surface area contributed by atoms with Crippen LogP contribution in [0.3, 0.4) is 0 Å². The number of benzene rings is 2. The first-order chi connectivity index (χ1) is 7.63. The third kappa shape index (κ3) is 1.60. The van der Waals surface area contributed by atoms with Gasteiger partial charge in [0.15, 0.2) is 0 Å². The largest absolute Gasteiger partial charge is 0.497 e. The van der Waals surface area contributed by atoms with Gasteiger partial charge in [-0.1, -0.05) is 18.2 Å². The van der Waals surface area contributed by atoms with E-state index in [0.29, 0.717) is 11.3 Å². The summed E-state index contributed by atoms with van der Waals surface area (Å²) < 4.78 is 5.16. The highest BCUT2D eigenvalue weighted by Gasteiger charge is 2.10. The SMILES string of the molecule is COc1cc(C(N)=O)c2cccc(C)c2c1. The highest BCUT2D eigenvalue weighted by atomic mass is 16.5. The first-order valence-corrected chi connectivity index (χ1v) is 5.00. The number of nitrogens with two attached hydrogens (primary N) is 1. The van der Waals surface area contributed by atoms with E-state index in [4.69, 9.17) is 10.5 Å². The van der Waals surface area contributed by atoms with Crippen molar-refractivity contribution in [2.24, 2.45) is 5.73 Å². The predicted molar refractivity (Wildman–Crippen MR) is 63.8 cm³/mol. The maximum atomic E-state index is 11.4. The molecule has 0 saturated heterocycles. The van der Waals surface area contributed by atoms with Gasteiger partial charge in [0.05, 0.1) is 12.7 Å². The fraction of sp³-hybridized carbons (Fsp3) is 0.154. The lowest BCUT2D eigenvalue weighted by molar-refractivity contribution is 0.100. The molecule has 0 atom stereocenters. The molecule has 0 fully saturated rings. The van der Waals surface area contributed by atoms with Gasteiger partial charge >= 0.3 is 0 Å². The van der Waals surface area contributed by atoms with Gasteiger partial charge in [0.1, 0.15) is 5.75 Å². The van der Waals surface area contributed by atoms with E-state index in [-0.39, 0.29) is 0 Å². The number of hydrogen-bond donors (Lipinski definition) is 1. The van der Waals surface area contributed by atoms with Gasteiger partial charge in [-0.05, 0) is 35.4 Å². The lowest BCUT2D eigenvalue weighted by atomic mass is 10.00. The van der Waals surface area contributed by atoms with Gasteiger partial charge in [0.25, 0.3) is 0 Å². The van der Waals surface area contributed by atoms with Crippen molar-refractivity contribution in [2.45, 2.75) is 6.92 Å². The van der Waals surface area contributed by atoms with Crippen LogP contribution in [0.5, 0.6) is 5.75 Å². The van der Waals surface area contributed by atoms with Gasteiger partial charge in [-0.15, -0.1) is 0 Å². The summed E-state index contributed by atoms with van der Waals surface area (Å²) in [4.78, 5) is 11.4. The van der Waals surface area contributed by atoms with Crippen LogP contribution in [0.25, 0.3) is 10.8 Å². The topological polar surface area (TPSA) is 52.3 Å². The summed E-state index contributed by atoms with van der Waals surface area (Å²) in [7, 11) is 1.57. The van der Waals surface area contributed by atoms with Crippen molar-refractivity contribution in [3.8, 4) is 5.75 Å². The Kier molecular flexibility index (Phi) is 2.52.